The summed E-state index contributed by atoms with van der Waals surface area (Å²) in [6.45, 7) is 0. The molecule has 0 saturated heterocycles. The zero-order valence-corrected chi connectivity index (χ0v) is 12.5. The van der Waals surface area contributed by atoms with E-state index in [2.05, 4.69) is 6.07 Å². The molecule has 0 amide bonds. The van der Waals surface area contributed by atoms with Crippen LogP contribution in [0, 0.1) is 17.8 Å². The summed E-state index contributed by atoms with van der Waals surface area (Å²) in [6, 6.07) is 6.02. The van der Waals surface area contributed by atoms with E-state index in [1.165, 1.54) is 25.7 Å². The Bertz CT molecular complexity index is 474. The van der Waals surface area contributed by atoms with Crippen LogP contribution in [0.5, 0.6) is 11.5 Å². The van der Waals surface area contributed by atoms with Crippen LogP contribution in [0.15, 0.2) is 18.2 Å². The molecule has 2 aliphatic carbocycles. The van der Waals surface area contributed by atoms with Crippen molar-refractivity contribution in [2.24, 2.45) is 23.5 Å². The highest BCUT2D eigenvalue weighted by Crippen LogP contribution is 2.51. The van der Waals surface area contributed by atoms with Crippen molar-refractivity contribution in [3.63, 3.8) is 0 Å². The Morgan fingerprint density at radius 1 is 1.20 bits per heavy atom. The molecular formula is C17H25NO2. The zero-order chi connectivity index (χ0) is 14.1. The minimum Gasteiger partial charge on any atom is -0.497 e. The lowest BCUT2D eigenvalue weighted by molar-refractivity contribution is 0.293. The maximum Gasteiger partial charge on any atom is 0.127 e. The SMILES string of the molecule is COc1ccc(C(N)CC2CC3CCC2C3)c(OC)c1. The molecule has 2 saturated carbocycles. The largest absolute Gasteiger partial charge is 0.497 e. The van der Waals surface area contributed by atoms with E-state index in [0.29, 0.717) is 0 Å². The van der Waals surface area contributed by atoms with Crippen molar-refractivity contribution in [3.05, 3.63) is 23.8 Å². The first-order chi connectivity index (χ1) is 9.71. The van der Waals surface area contributed by atoms with E-state index >= 15 is 0 Å². The van der Waals surface area contributed by atoms with Crippen LogP contribution in [-0.2, 0) is 0 Å². The summed E-state index contributed by atoms with van der Waals surface area (Å²) in [5.41, 5.74) is 7.56. The van der Waals surface area contributed by atoms with Crippen molar-refractivity contribution in [1.82, 2.24) is 0 Å². The number of benzene rings is 1. The number of hydrogen-bond donors (Lipinski definition) is 1. The fraction of sp³-hybridized carbons (Fsp3) is 0.647. The predicted octanol–water partition coefficient (Wildman–Crippen LogP) is 3.53. The van der Waals surface area contributed by atoms with Crippen LogP contribution in [0.1, 0.15) is 43.7 Å². The summed E-state index contributed by atoms with van der Waals surface area (Å²) in [7, 11) is 3.37. The molecule has 1 aromatic carbocycles. The molecular weight excluding hydrogens is 250 g/mol. The minimum atomic E-state index is 0.0696. The molecule has 3 rings (SSSR count). The molecule has 0 aromatic heterocycles. The van der Waals surface area contributed by atoms with E-state index in [1.807, 2.05) is 12.1 Å². The third kappa shape index (κ3) is 2.51. The van der Waals surface area contributed by atoms with Crippen LogP contribution in [0.2, 0.25) is 0 Å². The van der Waals surface area contributed by atoms with E-state index < -0.39 is 0 Å². The van der Waals surface area contributed by atoms with E-state index in [9.17, 15) is 0 Å². The average molecular weight is 275 g/mol. The predicted molar refractivity (Wildman–Crippen MR) is 80.0 cm³/mol. The Hall–Kier alpha value is -1.22. The van der Waals surface area contributed by atoms with Gasteiger partial charge in [0.15, 0.2) is 0 Å². The van der Waals surface area contributed by atoms with Crippen LogP contribution >= 0.6 is 0 Å². The van der Waals surface area contributed by atoms with Gasteiger partial charge in [-0.2, -0.15) is 0 Å². The molecule has 0 aliphatic heterocycles. The Labute approximate surface area is 121 Å². The normalized spacial score (nSPS) is 29.4. The summed E-state index contributed by atoms with van der Waals surface area (Å²) < 4.78 is 10.7. The van der Waals surface area contributed by atoms with Crippen molar-refractivity contribution in [2.45, 2.75) is 38.1 Å². The monoisotopic (exact) mass is 275 g/mol. The lowest BCUT2D eigenvalue weighted by Gasteiger charge is -2.25. The Balaban J connectivity index is 1.71. The van der Waals surface area contributed by atoms with Crippen molar-refractivity contribution < 1.29 is 9.47 Å². The lowest BCUT2D eigenvalue weighted by atomic mass is 9.83. The van der Waals surface area contributed by atoms with Gasteiger partial charge in [0.25, 0.3) is 0 Å². The molecule has 4 unspecified atom stereocenters. The van der Waals surface area contributed by atoms with Crippen molar-refractivity contribution in [3.8, 4) is 11.5 Å². The van der Waals surface area contributed by atoms with Crippen molar-refractivity contribution >= 4 is 0 Å². The highest BCUT2D eigenvalue weighted by atomic mass is 16.5. The Morgan fingerprint density at radius 2 is 2.05 bits per heavy atom. The molecule has 20 heavy (non-hydrogen) atoms. The molecule has 2 N–H and O–H groups in total. The Kier molecular flexibility index (Phi) is 3.88. The van der Waals surface area contributed by atoms with E-state index in [4.69, 9.17) is 15.2 Å². The second-order valence-electron chi connectivity index (χ2n) is 6.39. The van der Waals surface area contributed by atoms with Gasteiger partial charge in [-0.15, -0.1) is 0 Å². The number of fused-ring (bicyclic) bond motifs is 2. The molecule has 2 bridgehead atoms. The maximum absolute atomic E-state index is 6.45. The highest BCUT2D eigenvalue weighted by molar-refractivity contribution is 5.42. The first-order valence-electron chi connectivity index (χ1n) is 7.68. The Morgan fingerprint density at radius 3 is 2.65 bits per heavy atom. The standard InChI is InChI=1S/C17H25NO2/c1-19-14-5-6-15(17(10-14)20-2)16(18)9-13-8-11-3-4-12(13)7-11/h5-6,10-13,16H,3-4,7-9,18H2,1-2H3. The van der Waals surface area contributed by atoms with Crippen LogP contribution in [0.3, 0.4) is 0 Å². The topological polar surface area (TPSA) is 44.5 Å². The van der Waals surface area contributed by atoms with Gasteiger partial charge in [0.2, 0.25) is 0 Å². The lowest BCUT2D eigenvalue weighted by Crippen LogP contribution is -2.20. The summed E-state index contributed by atoms with van der Waals surface area (Å²) >= 11 is 0. The first kappa shape index (κ1) is 13.7. The van der Waals surface area contributed by atoms with Gasteiger partial charge in [-0.1, -0.05) is 12.5 Å². The molecule has 110 valence electrons. The molecule has 3 heteroatoms. The summed E-state index contributed by atoms with van der Waals surface area (Å²) in [5.74, 6) is 4.39. The fourth-order valence-corrected chi connectivity index (χ4v) is 4.24. The van der Waals surface area contributed by atoms with Gasteiger partial charge in [-0.25, -0.2) is 0 Å². The summed E-state index contributed by atoms with van der Waals surface area (Å²) in [6.07, 6.45) is 6.78. The minimum absolute atomic E-state index is 0.0696. The van der Waals surface area contributed by atoms with Crippen LogP contribution in [0.4, 0.5) is 0 Å². The van der Waals surface area contributed by atoms with Gasteiger partial charge in [0.05, 0.1) is 14.2 Å². The molecule has 3 nitrogen and oxygen atoms in total. The molecule has 4 atom stereocenters. The van der Waals surface area contributed by atoms with Gasteiger partial charge in [0.1, 0.15) is 11.5 Å². The second kappa shape index (κ2) is 5.65. The summed E-state index contributed by atoms with van der Waals surface area (Å²) in [4.78, 5) is 0. The quantitative estimate of drug-likeness (QED) is 0.894. The second-order valence-corrected chi connectivity index (χ2v) is 6.39. The summed E-state index contributed by atoms with van der Waals surface area (Å²) in [5, 5.41) is 0. The molecule has 1 aromatic rings. The average Bonchev–Trinajstić information content (AvgIpc) is 3.09. The fourth-order valence-electron chi connectivity index (χ4n) is 4.24. The molecule has 2 aliphatic rings. The highest BCUT2D eigenvalue weighted by Gasteiger charge is 2.40. The number of ether oxygens (including phenoxy) is 2. The van der Waals surface area contributed by atoms with E-state index in [-0.39, 0.29) is 6.04 Å². The number of rotatable bonds is 5. The third-order valence-corrected chi connectivity index (χ3v) is 5.28. The van der Waals surface area contributed by atoms with E-state index in [0.717, 1.165) is 41.2 Å². The van der Waals surface area contributed by atoms with Gasteiger partial charge in [-0.3, -0.25) is 0 Å². The van der Waals surface area contributed by atoms with Crippen LogP contribution < -0.4 is 15.2 Å². The van der Waals surface area contributed by atoms with Gasteiger partial charge in [0, 0.05) is 17.7 Å². The number of nitrogens with two attached hydrogens (primary N) is 1. The number of hydrogen-bond acceptors (Lipinski definition) is 3. The van der Waals surface area contributed by atoms with Crippen molar-refractivity contribution in [1.29, 1.82) is 0 Å². The molecule has 0 radical (unpaired) electrons. The maximum atomic E-state index is 6.45. The van der Waals surface area contributed by atoms with Gasteiger partial charge >= 0.3 is 0 Å². The smallest absolute Gasteiger partial charge is 0.127 e. The molecule has 0 spiro atoms. The van der Waals surface area contributed by atoms with Gasteiger partial charge < -0.3 is 15.2 Å². The number of methoxy groups -OCH3 is 2. The third-order valence-electron chi connectivity index (χ3n) is 5.28. The molecule has 0 heterocycles. The molecule has 2 fully saturated rings. The van der Waals surface area contributed by atoms with Gasteiger partial charge in [-0.05, 0) is 49.5 Å². The first-order valence-corrected chi connectivity index (χ1v) is 7.68. The van der Waals surface area contributed by atoms with Crippen molar-refractivity contribution in [2.75, 3.05) is 14.2 Å². The zero-order valence-electron chi connectivity index (χ0n) is 12.5. The van der Waals surface area contributed by atoms with E-state index in [1.54, 1.807) is 14.2 Å². The van der Waals surface area contributed by atoms with Crippen LogP contribution in [0.25, 0.3) is 0 Å². The van der Waals surface area contributed by atoms with Crippen LogP contribution in [-0.4, -0.2) is 14.2 Å².